The van der Waals surface area contributed by atoms with E-state index in [1.165, 1.54) is 177 Å². The van der Waals surface area contributed by atoms with Crippen LogP contribution in [0.2, 0.25) is 0 Å². The molecule has 8 heteroatoms. The number of rotatable bonds is 6. The quantitative estimate of drug-likeness (QED) is 0.154. The molecule has 6 nitrogen and oxygen atoms in total. The van der Waals surface area contributed by atoms with Gasteiger partial charge >= 0.3 is 0 Å². The van der Waals surface area contributed by atoms with Gasteiger partial charge in [-0.3, -0.25) is 0 Å². The Balaban J connectivity index is 1.04. The molecule has 15 rings (SSSR count). The molecule has 0 spiro atoms. The van der Waals surface area contributed by atoms with E-state index in [9.17, 15) is 0 Å². The molecule has 0 aromatic heterocycles. The molecule has 0 radical (unpaired) electrons. The van der Waals surface area contributed by atoms with Crippen LogP contribution in [0.4, 0.5) is 79.6 Å². The van der Waals surface area contributed by atoms with Crippen molar-refractivity contribution in [2.24, 2.45) is 0 Å². The summed E-state index contributed by atoms with van der Waals surface area (Å²) < 4.78 is 0. The molecule has 0 bridgehead atoms. The van der Waals surface area contributed by atoms with E-state index in [-0.39, 0.29) is 13.4 Å². The van der Waals surface area contributed by atoms with Gasteiger partial charge in [-0.15, -0.1) is 0 Å². The van der Waals surface area contributed by atoms with Crippen molar-refractivity contribution in [2.75, 3.05) is 55.6 Å². The maximum absolute atomic E-state index is 2.70. The molecule has 9 aromatic carbocycles. The Morgan fingerprint density at radius 3 is 0.855 bits per heavy atom. The minimum absolute atomic E-state index is 0.0250. The first-order valence-corrected chi connectivity index (χ1v) is 28.4. The van der Waals surface area contributed by atoms with E-state index in [4.69, 9.17) is 0 Å². The van der Waals surface area contributed by atoms with Gasteiger partial charge in [-0.05, 0) is 149 Å². The van der Waals surface area contributed by atoms with Gasteiger partial charge in [0.2, 0.25) is 0 Å². The molecule has 76 heavy (non-hydrogen) atoms. The molecule has 0 unspecified atom stereocenters. The van der Waals surface area contributed by atoms with E-state index >= 15 is 0 Å². The molecular weight excluding hydrogens is 922 g/mol. The van der Waals surface area contributed by atoms with Crippen molar-refractivity contribution < 1.29 is 0 Å². The van der Waals surface area contributed by atoms with Crippen LogP contribution >= 0.6 is 0 Å². The van der Waals surface area contributed by atoms with E-state index in [0.717, 1.165) is 26.2 Å². The zero-order chi connectivity index (χ0) is 50.1. The van der Waals surface area contributed by atoms with Crippen LogP contribution in [-0.4, -0.2) is 39.6 Å². The van der Waals surface area contributed by atoms with Crippen molar-refractivity contribution in [3.63, 3.8) is 0 Å². The maximum atomic E-state index is 2.70. The van der Waals surface area contributed by atoms with Crippen LogP contribution in [0.1, 0.15) is 64.2 Å². The smallest absolute Gasteiger partial charge is 0.252 e. The number of anilines is 14. The number of nitrogens with zero attached hydrogens (tertiary/aromatic N) is 6. The molecule has 0 saturated carbocycles. The lowest BCUT2D eigenvalue weighted by Crippen LogP contribution is -2.65. The molecule has 0 amide bonds. The van der Waals surface area contributed by atoms with E-state index < -0.39 is 0 Å². The van der Waals surface area contributed by atoms with E-state index in [1.54, 1.807) is 0 Å². The first-order chi connectivity index (χ1) is 37.8. The molecule has 6 aliphatic heterocycles. The van der Waals surface area contributed by atoms with Gasteiger partial charge in [0, 0.05) is 106 Å². The number of para-hydroxylation sites is 6. The SMILES string of the molecule is c1ccc(N2c3ccccc3B3c4cc5c(cc4N(c4ccccc4)c4cc(N6CCCCCCC6)cc2c43)N(c2ccccc2)c2cc(N3CCCCCCC3)cc3c2B5c2ccccc2N3c2ccccc2)cc1. The fourth-order valence-corrected chi connectivity index (χ4v) is 14.2. The van der Waals surface area contributed by atoms with E-state index in [1.807, 2.05) is 0 Å². The summed E-state index contributed by atoms with van der Waals surface area (Å²) in [7, 11) is 0. The van der Waals surface area contributed by atoms with Gasteiger partial charge in [0.25, 0.3) is 13.4 Å². The van der Waals surface area contributed by atoms with Gasteiger partial charge in [-0.2, -0.15) is 0 Å². The van der Waals surface area contributed by atoms with Crippen LogP contribution in [0.5, 0.6) is 0 Å². The third-order valence-corrected chi connectivity index (χ3v) is 17.5. The summed E-state index contributed by atoms with van der Waals surface area (Å²) in [6, 6.07) is 78.9. The van der Waals surface area contributed by atoms with Gasteiger partial charge < -0.3 is 29.4 Å². The van der Waals surface area contributed by atoms with Crippen LogP contribution in [0.15, 0.2) is 206 Å². The number of benzene rings is 9. The topological polar surface area (TPSA) is 19.4 Å². The fourth-order valence-electron chi connectivity index (χ4n) is 14.2. The minimum atomic E-state index is -0.0250. The third kappa shape index (κ3) is 7.39. The van der Waals surface area contributed by atoms with Crippen LogP contribution < -0.4 is 62.2 Å². The fraction of sp³-hybridized carbons (Fsp3) is 0.206. The molecule has 0 N–H and O–H groups in total. The highest BCUT2D eigenvalue weighted by atomic mass is 15.2. The summed E-state index contributed by atoms with van der Waals surface area (Å²) in [4.78, 5) is 15.8. The van der Waals surface area contributed by atoms with Crippen LogP contribution in [-0.2, 0) is 0 Å². The molecule has 9 aromatic rings. The Morgan fingerprint density at radius 1 is 0.224 bits per heavy atom. The number of fused-ring (bicyclic) bond motifs is 8. The third-order valence-electron chi connectivity index (χ3n) is 17.5. The first kappa shape index (κ1) is 45.3. The van der Waals surface area contributed by atoms with Gasteiger partial charge in [0.05, 0.1) is 0 Å². The molecular formula is C68H62B2N6. The van der Waals surface area contributed by atoms with Crippen molar-refractivity contribution >= 4 is 126 Å². The van der Waals surface area contributed by atoms with E-state index in [0.29, 0.717) is 0 Å². The largest absolute Gasteiger partial charge is 0.371 e. The summed E-state index contributed by atoms with van der Waals surface area (Å²) >= 11 is 0. The Bertz CT molecular complexity index is 3380. The number of hydrogen-bond acceptors (Lipinski definition) is 6. The van der Waals surface area contributed by atoms with Gasteiger partial charge in [0.1, 0.15) is 0 Å². The van der Waals surface area contributed by atoms with Gasteiger partial charge in [0.15, 0.2) is 0 Å². The van der Waals surface area contributed by atoms with Crippen molar-refractivity contribution in [3.8, 4) is 0 Å². The standard InChI is InChI=1S/C68H62B2N6/c1-3-23-39-71(40-24-4-1)53-43-63-67-65(45-53)75(51-31-15-9-16-32-51)61-48-62-58(47-57(61)69(67)55-35-19-21-37-59(55)73(63)49-27-11-7-12-28-49)70-56-36-20-22-38-60(56)74(50-29-13-8-14-30-50)64-44-54(72-41-25-5-2-6-26-42-72)46-66(68(64)70)76(62)52-33-17-10-18-34-52/h7-22,27-38,43-48H,1-6,23-26,39-42H2. The second-order valence-corrected chi connectivity index (χ2v) is 21.9. The minimum Gasteiger partial charge on any atom is -0.371 e. The van der Waals surface area contributed by atoms with Gasteiger partial charge in [-0.1, -0.05) is 154 Å². The summed E-state index contributed by atoms with van der Waals surface area (Å²) in [5.41, 5.74) is 25.4. The van der Waals surface area contributed by atoms with Crippen LogP contribution in [0.25, 0.3) is 0 Å². The summed E-state index contributed by atoms with van der Waals surface area (Å²) in [6.07, 6.45) is 12.6. The maximum Gasteiger partial charge on any atom is 0.252 e. The highest BCUT2D eigenvalue weighted by Crippen LogP contribution is 2.50. The van der Waals surface area contributed by atoms with Crippen LogP contribution in [0, 0.1) is 0 Å². The molecule has 2 saturated heterocycles. The predicted molar refractivity (Wildman–Crippen MR) is 325 cm³/mol. The molecule has 0 atom stereocenters. The van der Waals surface area contributed by atoms with Crippen molar-refractivity contribution in [1.82, 2.24) is 0 Å². The number of hydrogen-bond donors (Lipinski definition) is 0. The highest BCUT2D eigenvalue weighted by molar-refractivity contribution is 7.03. The average Bonchev–Trinajstić information content (AvgIpc) is 3.64. The average molecular weight is 985 g/mol. The molecule has 6 aliphatic rings. The van der Waals surface area contributed by atoms with Crippen molar-refractivity contribution in [3.05, 3.63) is 206 Å². The predicted octanol–water partition coefficient (Wildman–Crippen LogP) is 13.4. The Kier molecular flexibility index (Phi) is 11.3. The zero-order valence-corrected chi connectivity index (χ0v) is 43.4. The molecule has 6 heterocycles. The summed E-state index contributed by atoms with van der Waals surface area (Å²) in [6.45, 7) is 4.21. The lowest BCUT2D eigenvalue weighted by atomic mass is 9.30. The zero-order valence-electron chi connectivity index (χ0n) is 43.4. The highest BCUT2D eigenvalue weighted by Gasteiger charge is 2.48. The normalized spacial score (nSPS) is 16.5. The van der Waals surface area contributed by atoms with Crippen molar-refractivity contribution in [2.45, 2.75) is 64.2 Å². The van der Waals surface area contributed by atoms with Crippen LogP contribution in [0.3, 0.4) is 0 Å². The summed E-state index contributed by atoms with van der Waals surface area (Å²) in [5, 5.41) is 0. The summed E-state index contributed by atoms with van der Waals surface area (Å²) in [5.74, 6) is 0. The Labute approximate surface area is 449 Å². The van der Waals surface area contributed by atoms with Crippen molar-refractivity contribution in [1.29, 1.82) is 0 Å². The second kappa shape index (κ2) is 18.9. The first-order valence-electron chi connectivity index (χ1n) is 28.4. The Hall–Kier alpha value is -8.09. The molecule has 0 aliphatic carbocycles. The van der Waals surface area contributed by atoms with E-state index in [2.05, 4.69) is 236 Å². The lowest BCUT2D eigenvalue weighted by Gasteiger charge is -2.48. The van der Waals surface area contributed by atoms with Gasteiger partial charge in [-0.25, -0.2) is 0 Å². The Morgan fingerprint density at radius 2 is 0.513 bits per heavy atom. The lowest BCUT2D eigenvalue weighted by molar-refractivity contribution is 0.556. The second-order valence-electron chi connectivity index (χ2n) is 21.9. The molecule has 370 valence electrons. The monoisotopic (exact) mass is 985 g/mol. The molecule has 2 fully saturated rings.